The molecule has 6 heteroatoms. The number of piperidine rings is 1. The second-order valence-corrected chi connectivity index (χ2v) is 7.98. The van der Waals surface area contributed by atoms with Crippen molar-refractivity contribution in [2.45, 2.75) is 25.4 Å². The number of likely N-dealkylation sites (tertiary alicyclic amines) is 1. The van der Waals surface area contributed by atoms with E-state index < -0.39 is 23.9 Å². The zero-order chi connectivity index (χ0) is 20.6. The molecule has 2 aromatic rings. The first-order valence-corrected chi connectivity index (χ1v) is 10.1. The highest BCUT2D eigenvalue weighted by Gasteiger charge is 2.71. The lowest BCUT2D eigenvalue weighted by atomic mass is 9.98. The highest BCUT2D eigenvalue weighted by atomic mass is 19.3. The van der Waals surface area contributed by atoms with Gasteiger partial charge in [0.05, 0.1) is 7.11 Å². The summed E-state index contributed by atoms with van der Waals surface area (Å²) in [4.78, 5) is 1.90. The number of benzene rings is 2. The maximum atomic E-state index is 13.3. The number of methoxy groups -OCH3 is 1. The summed E-state index contributed by atoms with van der Waals surface area (Å²) in [6.45, 7) is 3.27. The van der Waals surface area contributed by atoms with E-state index in [1.54, 1.807) is 13.2 Å². The molecule has 29 heavy (non-hydrogen) atoms. The predicted molar refractivity (Wildman–Crippen MR) is 108 cm³/mol. The SMILES string of the molecule is CCc1ccccc1-c1cc(OC)cc(OCC(O)CN2CC3C(C2)C3(F)F)c1. The number of aliphatic hydroxyl groups excluding tert-OH is 1. The minimum Gasteiger partial charge on any atom is -0.497 e. The molecule has 1 aliphatic carbocycles. The van der Waals surface area contributed by atoms with E-state index in [4.69, 9.17) is 9.47 Å². The van der Waals surface area contributed by atoms with E-state index in [2.05, 4.69) is 19.1 Å². The number of fused-ring (bicyclic) bond motifs is 1. The van der Waals surface area contributed by atoms with Crippen LogP contribution in [0.1, 0.15) is 12.5 Å². The number of rotatable bonds is 8. The standard InChI is InChI=1S/C23H27F2NO3/c1-3-15-6-4-5-7-20(15)16-8-18(28-2)10-19(9-16)29-14-17(27)11-26-12-21-22(13-26)23(21,24)25/h4-10,17,21-22,27H,3,11-14H2,1-2H3. The average molecular weight is 403 g/mol. The van der Waals surface area contributed by atoms with Crippen LogP contribution >= 0.6 is 0 Å². The van der Waals surface area contributed by atoms with Crippen molar-refractivity contribution < 1.29 is 23.4 Å². The number of nitrogens with zero attached hydrogens (tertiary/aromatic N) is 1. The summed E-state index contributed by atoms with van der Waals surface area (Å²) >= 11 is 0. The van der Waals surface area contributed by atoms with Crippen molar-refractivity contribution in [2.75, 3.05) is 33.4 Å². The molecule has 0 bridgehead atoms. The Morgan fingerprint density at radius 2 is 1.83 bits per heavy atom. The van der Waals surface area contributed by atoms with Crippen LogP contribution in [0.25, 0.3) is 11.1 Å². The molecule has 0 spiro atoms. The molecule has 4 rings (SSSR count). The van der Waals surface area contributed by atoms with Gasteiger partial charge in [-0.1, -0.05) is 31.2 Å². The van der Waals surface area contributed by atoms with Gasteiger partial charge in [-0.15, -0.1) is 0 Å². The number of aryl methyl sites for hydroxylation is 1. The first-order valence-electron chi connectivity index (χ1n) is 10.1. The lowest BCUT2D eigenvalue weighted by Gasteiger charge is -2.23. The topological polar surface area (TPSA) is 41.9 Å². The van der Waals surface area contributed by atoms with Gasteiger partial charge in [0.2, 0.25) is 0 Å². The van der Waals surface area contributed by atoms with Gasteiger partial charge in [0.1, 0.15) is 24.2 Å². The van der Waals surface area contributed by atoms with Crippen molar-refractivity contribution >= 4 is 0 Å². The molecule has 1 aliphatic heterocycles. The fraction of sp³-hybridized carbons (Fsp3) is 0.478. The molecule has 3 atom stereocenters. The van der Waals surface area contributed by atoms with Gasteiger partial charge >= 0.3 is 0 Å². The van der Waals surface area contributed by atoms with E-state index in [1.807, 2.05) is 29.2 Å². The number of β-amino-alcohol motifs (C(OH)–C–C–N with tert-alkyl or cyclic N) is 1. The Morgan fingerprint density at radius 1 is 1.14 bits per heavy atom. The maximum absolute atomic E-state index is 13.3. The van der Waals surface area contributed by atoms with Crippen molar-refractivity contribution in [2.24, 2.45) is 11.8 Å². The first kappa shape index (κ1) is 20.1. The van der Waals surface area contributed by atoms with Crippen LogP contribution in [0.5, 0.6) is 11.5 Å². The molecule has 3 unspecified atom stereocenters. The predicted octanol–water partition coefficient (Wildman–Crippen LogP) is 3.86. The van der Waals surface area contributed by atoms with Crippen LogP contribution in [0.15, 0.2) is 42.5 Å². The maximum Gasteiger partial charge on any atom is 0.257 e. The number of halogens is 2. The Kier molecular flexibility index (Phi) is 5.49. The molecule has 1 saturated carbocycles. The third-order valence-corrected chi connectivity index (χ3v) is 6.01. The molecular formula is C23H27F2NO3. The van der Waals surface area contributed by atoms with Gasteiger partial charge in [-0.25, -0.2) is 8.78 Å². The number of hydrogen-bond donors (Lipinski definition) is 1. The summed E-state index contributed by atoms with van der Waals surface area (Å²) < 4.78 is 37.8. The summed E-state index contributed by atoms with van der Waals surface area (Å²) in [6.07, 6.45) is 0.179. The molecule has 2 aromatic carbocycles. The summed E-state index contributed by atoms with van der Waals surface area (Å²) in [7, 11) is 1.61. The highest BCUT2D eigenvalue weighted by molar-refractivity contribution is 5.70. The minimum atomic E-state index is -2.50. The average Bonchev–Trinajstić information content (AvgIpc) is 3.06. The lowest BCUT2D eigenvalue weighted by Crippen LogP contribution is -2.37. The molecule has 1 heterocycles. The first-order chi connectivity index (χ1) is 13.9. The van der Waals surface area contributed by atoms with E-state index in [0.717, 1.165) is 17.5 Å². The van der Waals surface area contributed by atoms with Gasteiger partial charge in [0.15, 0.2) is 0 Å². The summed E-state index contributed by atoms with van der Waals surface area (Å²) in [5.41, 5.74) is 3.35. The molecule has 4 nitrogen and oxygen atoms in total. The molecule has 1 saturated heterocycles. The summed E-state index contributed by atoms with van der Waals surface area (Å²) in [6, 6.07) is 13.9. The van der Waals surface area contributed by atoms with Gasteiger partial charge in [0, 0.05) is 37.5 Å². The van der Waals surface area contributed by atoms with Crippen molar-refractivity contribution in [3.63, 3.8) is 0 Å². The van der Waals surface area contributed by atoms with E-state index in [-0.39, 0.29) is 6.61 Å². The molecule has 2 aliphatic rings. The number of alkyl halides is 2. The van der Waals surface area contributed by atoms with E-state index in [9.17, 15) is 13.9 Å². The van der Waals surface area contributed by atoms with Crippen molar-refractivity contribution in [1.29, 1.82) is 0 Å². The molecular weight excluding hydrogens is 376 g/mol. The second kappa shape index (κ2) is 7.92. The zero-order valence-corrected chi connectivity index (χ0v) is 16.8. The minimum absolute atomic E-state index is 0.101. The number of hydrogen-bond acceptors (Lipinski definition) is 4. The van der Waals surface area contributed by atoms with Crippen LogP contribution < -0.4 is 9.47 Å². The third-order valence-electron chi connectivity index (χ3n) is 6.01. The Hall–Kier alpha value is -2.18. The van der Waals surface area contributed by atoms with Crippen LogP contribution in [0.3, 0.4) is 0 Å². The number of ether oxygens (including phenoxy) is 2. The molecule has 156 valence electrons. The van der Waals surface area contributed by atoms with Gasteiger partial charge in [-0.05, 0) is 35.2 Å². The molecule has 0 radical (unpaired) electrons. The zero-order valence-electron chi connectivity index (χ0n) is 16.8. The monoisotopic (exact) mass is 403 g/mol. The van der Waals surface area contributed by atoms with Crippen LogP contribution in [0, 0.1) is 11.8 Å². The third kappa shape index (κ3) is 4.09. The smallest absolute Gasteiger partial charge is 0.257 e. The second-order valence-electron chi connectivity index (χ2n) is 7.98. The fourth-order valence-electron chi connectivity index (χ4n) is 4.32. The lowest BCUT2D eigenvalue weighted by molar-refractivity contribution is 0.0302. The van der Waals surface area contributed by atoms with Crippen molar-refractivity contribution in [3.05, 3.63) is 48.0 Å². The van der Waals surface area contributed by atoms with Crippen LogP contribution in [-0.2, 0) is 6.42 Å². The van der Waals surface area contributed by atoms with Crippen LogP contribution in [-0.4, -0.2) is 55.4 Å². The molecule has 2 fully saturated rings. The molecule has 0 aromatic heterocycles. The van der Waals surface area contributed by atoms with Gasteiger partial charge in [0.25, 0.3) is 5.92 Å². The summed E-state index contributed by atoms with van der Waals surface area (Å²) in [5.74, 6) is -2.27. The van der Waals surface area contributed by atoms with Crippen LogP contribution in [0.2, 0.25) is 0 Å². The van der Waals surface area contributed by atoms with E-state index in [1.165, 1.54) is 5.56 Å². The van der Waals surface area contributed by atoms with E-state index >= 15 is 0 Å². The van der Waals surface area contributed by atoms with Gasteiger partial charge < -0.3 is 14.6 Å². The fourth-order valence-corrected chi connectivity index (χ4v) is 4.32. The van der Waals surface area contributed by atoms with Crippen LogP contribution in [0.4, 0.5) is 8.78 Å². The Labute approximate surface area is 170 Å². The van der Waals surface area contributed by atoms with Gasteiger partial charge in [-0.2, -0.15) is 0 Å². The Bertz CT molecular complexity index is 859. The van der Waals surface area contributed by atoms with E-state index in [0.29, 0.717) is 31.1 Å². The Morgan fingerprint density at radius 3 is 2.52 bits per heavy atom. The van der Waals surface area contributed by atoms with Crippen molar-refractivity contribution in [1.82, 2.24) is 4.90 Å². The molecule has 0 amide bonds. The van der Waals surface area contributed by atoms with Crippen molar-refractivity contribution in [3.8, 4) is 22.6 Å². The number of aliphatic hydroxyl groups is 1. The molecule has 1 N–H and O–H groups in total. The summed E-state index contributed by atoms with van der Waals surface area (Å²) in [5, 5.41) is 10.3. The van der Waals surface area contributed by atoms with Gasteiger partial charge in [-0.3, -0.25) is 4.90 Å². The Balaban J connectivity index is 1.39. The normalized spacial score (nSPS) is 23.5. The highest BCUT2D eigenvalue weighted by Crippen LogP contribution is 2.59. The quantitative estimate of drug-likeness (QED) is 0.727. The largest absolute Gasteiger partial charge is 0.497 e.